The minimum Gasteiger partial charge on any atom is -0.254 e. The number of pyridine rings is 3. The van der Waals surface area contributed by atoms with E-state index in [1.54, 1.807) is 0 Å². The molecule has 10 rings (SSSR count). The summed E-state index contributed by atoms with van der Waals surface area (Å²) in [5.74, 6) is 0. The molecule has 4 aromatic heterocycles. The molecule has 0 fully saturated rings. The van der Waals surface area contributed by atoms with Crippen LogP contribution in [-0.2, 0) is 0 Å². The molecule has 51 heavy (non-hydrogen) atoms. The molecule has 0 atom stereocenters. The van der Waals surface area contributed by atoms with Gasteiger partial charge in [0.25, 0.3) is 0 Å². The Bertz CT molecular complexity index is 2900. The van der Waals surface area contributed by atoms with Crippen LogP contribution in [-0.4, -0.2) is 24.7 Å². The summed E-state index contributed by atoms with van der Waals surface area (Å²) in [7, 11) is 0. The number of nitrogens with zero attached hydrogens (tertiary/aromatic N) is 5. The van der Waals surface area contributed by atoms with Crippen LogP contribution in [0, 0.1) is 0 Å². The number of hydrogen-bond donors (Lipinski definition) is 0. The lowest BCUT2D eigenvalue weighted by Crippen LogP contribution is -1.96. The van der Waals surface area contributed by atoms with E-state index in [2.05, 4.69) is 149 Å². The zero-order valence-corrected chi connectivity index (χ0v) is 27.5. The Kier molecular flexibility index (Phi) is 6.74. The van der Waals surface area contributed by atoms with Crippen LogP contribution in [0.2, 0.25) is 0 Å². The van der Waals surface area contributed by atoms with E-state index in [1.807, 2.05) is 36.5 Å². The van der Waals surface area contributed by atoms with Crippen molar-refractivity contribution in [2.24, 2.45) is 0 Å². The van der Waals surface area contributed by atoms with E-state index in [0.717, 1.165) is 83.4 Å². The number of hydrogen-bond acceptors (Lipinski definition) is 4. The SMILES string of the molecule is c1ccc(-c2cc3ccccc3c3c2c(-c2ccc(-c4cccc(-c5ccc6ccc7cccnc7c6n5)n4)cc2)nn3-c2ccccc2)cc1. The van der Waals surface area contributed by atoms with Crippen LogP contribution in [0.25, 0.3) is 94.2 Å². The molecule has 0 bridgehead atoms. The van der Waals surface area contributed by atoms with E-state index in [9.17, 15) is 0 Å². The molecule has 6 aromatic carbocycles. The van der Waals surface area contributed by atoms with E-state index in [4.69, 9.17) is 15.1 Å². The van der Waals surface area contributed by atoms with Gasteiger partial charge in [-0.3, -0.25) is 4.98 Å². The topological polar surface area (TPSA) is 56.5 Å². The number of benzene rings is 6. The van der Waals surface area contributed by atoms with Crippen molar-refractivity contribution < 1.29 is 0 Å². The molecule has 0 amide bonds. The summed E-state index contributed by atoms with van der Waals surface area (Å²) in [6.45, 7) is 0. The molecule has 0 spiro atoms. The maximum atomic E-state index is 5.36. The number of fused-ring (bicyclic) bond motifs is 6. The third kappa shape index (κ3) is 4.94. The van der Waals surface area contributed by atoms with Crippen molar-refractivity contribution in [2.45, 2.75) is 0 Å². The fourth-order valence-electron chi connectivity index (χ4n) is 7.19. The summed E-state index contributed by atoms with van der Waals surface area (Å²) in [6, 6.07) is 59.0. The summed E-state index contributed by atoms with van der Waals surface area (Å²) in [5, 5.41) is 11.0. The van der Waals surface area contributed by atoms with E-state index < -0.39 is 0 Å². The summed E-state index contributed by atoms with van der Waals surface area (Å²) >= 11 is 0. The largest absolute Gasteiger partial charge is 0.254 e. The van der Waals surface area contributed by atoms with Gasteiger partial charge in [-0.15, -0.1) is 0 Å². The van der Waals surface area contributed by atoms with Crippen LogP contribution in [0.15, 0.2) is 176 Å². The molecule has 0 N–H and O–H groups in total. The van der Waals surface area contributed by atoms with Crippen molar-refractivity contribution in [1.82, 2.24) is 24.7 Å². The molecule has 0 unspecified atom stereocenters. The lowest BCUT2D eigenvalue weighted by Gasteiger charge is -2.11. The Morgan fingerprint density at radius 1 is 0.431 bits per heavy atom. The van der Waals surface area contributed by atoms with Crippen molar-refractivity contribution >= 4 is 43.5 Å². The number of aromatic nitrogens is 5. The molecule has 5 heteroatoms. The predicted octanol–water partition coefficient (Wildman–Crippen LogP) is 11.3. The van der Waals surface area contributed by atoms with Gasteiger partial charge in [-0.2, -0.15) is 5.10 Å². The Labute approximate surface area is 294 Å². The second-order valence-electron chi connectivity index (χ2n) is 12.7. The van der Waals surface area contributed by atoms with Crippen LogP contribution < -0.4 is 0 Å². The van der Waals surface area contributed by atoms with Crippen molar-refractivity contribution in [1.29, 1.82) is 0 Å². The molecule has 238 valence electrons. The van der Waals surface area contributed by atoms with Crippen LogP contribution in [0.1, 0.15) is 0 Å². The molecule has 0 aliphatic rings. The molecule has 0 aliphatic heterocycles. The first-order chi connectivity index (χ1) is 25.3. The van der Waals surface area contributed by atoms with Crippen LogP contribution in [0.4, 0.5) is 0 Å². The van der Waals surface area contributed by atoms with Gasteiger partial charge in [0.15, 0.2) is 0 Å². The van der Waals surface area contributed by atoms with Gasteiger partial charge < -0.3 is 0 Å². The zero-order chi connectivity index (χ0) is 33.7. The maximum absolute atomic E-state index is 5.36. The highest BCUT2D eigenvalue weighted by Gasteiger charge is 2.21. The van der Waals surface area contributed by atoms with Crippen molar-refractivity contribution in [3.63, 3.8) is 0 Å². The van der Waals surface area contributed by atoms with Gasteiger partial charge in [-0.1, -0.05) is 127 Å². The van der Waals surface area contributed by atoms with Gasteiger partial charge >= 0.3 is 0 Å². The average Bonchev–Trinajstić information content (AvgIpc) is 3.62. The van der Waals surface area contributed by atoms with Gasteiger partial charge in [-0.05, 0) is 59.0 Å². The second-order valence-corrected chi connectivity index (χ2v) is 12.7. The maximum Gasteiger partial charge on any atom is 0.101 e. The highest BCUT2D eigenvalue weighted by atomic mass is 15.3. The lowest BCUT2D eigenvalue weighted by atomic mass is 9.93. The molecule has 10 aromatic rings. The summed E-state index contributed by atoms with van der Waals surface area (Å²) in [4.78, 5) is 14.7. The molecule has 4 heterocycles. The van der Waals surface area contributed by atoms with E-state index in [-0.39, 0.29) is 0 Å². The molecule has 0 saturated heterocycles. The minimum absolute atomic E-state index is 0.817. The molecule has 0 aliphatic carbocycles. The van der Waals surface area contributed by atoms with E-state index in [1.165, 1.54) is 10.8 Å². The zero-order valence-electron chi connectivity index (χ0n) is 27.5. The first-order valence-electron chi connectivity index (χ1n) is 17.1. The Morgan fingerprint density at radius 2 is 1.10 bits per heavy atom. The lowest BCUT2D eigenvalue weighted by molar-refractivity contribution is 0.918. The molecule has 5 nitrogen and oxygen atoms in total. The third-order valence-electron chi connectivity index (χ3n) is 9.65. The average molecular weight is 652 g/mol. The highest BCUT2D eigenvalue weighted by Crippen LogP contribution is 2.42. The molecule has 0 radical (unpaired) electrons. The fourth-order valence-corrected chi connectivity index (χ4v) is 7.19. The highest BCUT2D eigenvalue weighted by molar-refractivity contribution is 6.17. The smallest absolute Gasteiger partial charge is 0.101 e. The fraction of sp³-hybridized carbons (Fsp3) is 0. The Morgan fingerprint density at radius 3 is 1.94 bits per heavy atom. The number of para-hydroxylation sites is 1. The van der Waals surface area contributed by atoms with E-state index >= 15 is 0 Å². The number of rotatable bonds is 5. The monoisotopic (exact) mass is 651 g/mol. The summed E-state index contributed by atoms with van der Waals surface area (Å²) in [5.41, 5.74) is 11.7. The molecule has 0 saturated carbocycles. The van der Waals surface area contributed by atoms with Crippen LogP contribution in [0.3, 0.4) is 0 Å². The normalized spacial score (nSPS) is 11.5. The van der Waals surface area contributed by atoms with E-state index in [0.29, 0.717) is 0 Å². The predicted molar refractivity (Wildman–Crippen MR) is 209 cm³/mol. The van der Waals surface area contributed by atoms with Gasteiger partial charge in [0.2, 0.25) is 0 Å². The Hall–Kier alpha value is -6.98. The van der Waals surface area contributed by atoms with Gasteiger partial charge in [0.1, 0.15) is 5.69 Å². The summed E-state index contributed by atoms with van der Waals surface area (Å²) in [6.07, 6.45) is 1.82. The second kappa shape index (κ2) is 11.9. The molecular weight excluding hydrogens is 623 g/mol. The summed E-state index contributed by atoms with van der Waals surface area (Å²) < 4.78 is 2.10. The first kappa shape index (κ1) is 29.0. The molecular formula is C46H29N5. The van der Waals surface area contributed by atoms with Crippen LogP contribution >= 0.6 is 0 Å². The standard InChI is InChI=1S/C46H29N5/c1-3-11-30(12-4-1)38-29-35-13-7-8-17-37(35)46-42(38)43(50-51(46)36-15-5-2-6-16-36)33-22-20-31(21-23-33)39-18-9-19-40(48-39)41-27-26-34-25-24-32-14-10-28-47-44(32)45(34)49-41/h1-29H. The van der Waals surface area contributed by atoms with Gasteiger partial charge in [0, 0.05) is 38.9 Å². The van der Waals surface area contributed by atoms with Gasteiger partial charge in [0.05, 0.1) is 39.3 Å². The van der Waals surface area contributed by atoms with Crippen LogP contribution in [0.5, 0.6) is 0 Å². The first-order valence-corrected chi connectivity index (χ1v) is 17.1. The van der Waals surface area contributed by atoms with Crippen molar-refractivity contribution in [3.05, 3.63) is 176 Å². The quantitative estimate of drug-likeness (QED) is 0.174. The van der Waals surface area contributed by atoms with Crippen molar-refractivity contribution in [3.8, 4) is 50.7 Å². The minimum atomic E-state index is 0.817. The van der Waals surface area contributed by atoms with Crippen molar-refractivity contribution in [2.75, 3.05) is 0 Å². The third-order valence-corrected chi connectivity index (χ3v) is 9.65. The Balaban J connectivity index is 1.11. The van der Waals surface area contributed by atoms with Gasteiger partial charge in [-0.25, -0.2) is 14.6 Å².